The molecule has 37 heavy (non-hydrogen) atoms. The Bertz CT molecular complexity index is 748. The third-order valence-electron chi connectivity index (χ3n) is 4.61. The summed E-state index contributed by atoms with van der Waals surface area (Å²) in [6, 6.07) is 0. The fourth-order valence-electron chi connectivity index (χ4n) is 2.89. The second-order valence-electron chi connectivity index (χ2n) is 8.44. The highest BCUT2D eigenvalue weighted by Crippen LogP contribution is 2.62. The van der Waals surface area contributed by atoms with E-state index in [-0.39, 0.29) is 6.55 Å². The quantitative estimate of drug-likeness (QED) is 0.150. The summed E-state index contributed by atoms with van der Waals surface area (Å²) in [6.45, 7) is 4.17. The summed E-state index contributed by atoms with van der Waals surface area (Å²) >= 11 is 0. The maximum Gasteiger partial charge on any atom is 0.384 e. The fourth-order valence-corrected chi connectivity index (χ4v) is 5.89. The Morgan fingerprint density at radius 3 is 1.08 bits per heavy atom. The molecule has 0 saturated heterocycles. The van der Waals surface area contributed by atoms with Crippen LogP contribution in [0.3, 0.4) is 0 Å². The van der Waals surface area contributed by atoms with E-state index in [9.17, 15) is 74.6 Å². The highest BCUT2D eigenvalue weighted by atomic mass is 28.4. The van der Waals surface area contributed by atoms with E-state index in [0.717, 1.165) is 27.7 Å². The summed E-state index contributed by atoms with van der Waals surface area (Å²) in [5.74, 6) is -52.4. The van der Waals surface area contributed by atoms with Gasteiger partial charge in [0.25, 0.3) is 6.43 Å². The van der Waals surface area contributed by atoms with E-state index in [2.05, 4.69) is 8.85 Å². The average Bonchev–Trinajstić information content (AvgIpc) is 2.69. The Morgan fingerprint density at radius 2 is 0.811 bits per heavy atom. The minimum absolute atomic E-state index is 0.250. The van der Waals surface area contributed by atoms with Gasteiger partial charge in [-0.1, -0.05) is 0 Å². The molecule has 0 heterocycles. The van der Waals surface area contributed by atoms with Crippen LogP contribution < -0.4 is 0 Å². The minimum Gasteiger partial charge on any atom is -0.390 e. The lowest BCUT2D eigenvalue weighted by Crippen LogP contribution is -2.75. The molecule has 0 aromatic heterocycles. The molecule has 0 saturated carbocycles. The second kappa shape index (κ2) is 10.8. The third kappa shape index (κ3) is 5.94. The highest BCUT2D eigenvalue weighted by molar-refractivity contribution is 6.67. The Morgan fingerprint density at radius 1 is 0.514 bits per heavy atom. The number of alkyl halides is 17. The van der Waals surface area contributed by atoms with Gasteiger partial charge in [0.1, 0.15) is 0 Å². The van der Waals surface area contributed by atoms with Crippen molar-refractivity contribution in [3.8, 4) is 0 Å². The molecule has 0 rings (SSSR count). The van der Waals surface area contributed by atoms with Gasteiger partial charge in [-0.3, -0.25) is 0 Å². The first-order valence-electron chi connectivity index (χ1n) is 9.83. The summed E-state index contributed by atoms with van der Waals surface area (Å²) < 4.78 is 241. The van der Waals surface area contributed by atoms with Crippen molar-refractivity contribution in [3.63, 3.8) is 0 Å². The lowest BCUT2D eigenvalue weighted by atomic mass is 9.89. The molecule has 0 radical (unpaired) electrons. The van der Waals surface area contributed by atoms with Crippen LogP contribution in [0.25, 0.3) is 0 Å². The van der Waals surface area contributed by atoms with E-state index in [1.807, 2.05) is 0 Å². The predicted molar refractivity (Wildman–Crippen MR) is 94.4 cm³/mol. The first kappa shape index (κ1) is 35.9. The molecular weight excluding hydrogens is 587 g/mol. The van der Waals surface area contributed by atoms with Gasteiger partial charge in [0.15, 0.2) is 6.17 Å². The molecule has 0 aliphatic rings. The molecule has 0 aliphatic carbocycles. The molecule has 0 amide bonds. The van der Waals surface area contributed by atoms with E-state index in [1.165, 1.54) is 0 Å². The molecule has 2 nitrogen and oxygen atoms in total. The molecule has 0 N–H and O–H groups in total. The lowest BCUT2D eigenvalue weighted by Gasteiger charge is -2.44. The largest absolute Gasteiger partial charge is 0.390 e. The molecule has 0 spiro atoms. The first-order chi connectivity index (χ1) is 16.0. The summed E-state index contributed by atoms with van der Waals surface area (Å²) in [5, 5.41) is 0. The summed E-state index contributed by atoms with van der Waals surface area (Å²) in [4.78, 5) is 0. The van der Waals surface area contributed by atoms with Crippen molar-refractivity contribution in [2.45, 2.75) is 107 Å². The van der Waals surface area contributed by atoms with Crippen LogP contribution in [0.2, 0.25) is 6.55 Å². The van der Waals surface area contributed by atoms with Gasteiger partial charge < -0.3 is 8.85 Å². The molecular formula is C17H21F17O2Si. The van der Waals surface area contributed by atoms with Gasteiger partial charge >= 0.3 is 44.1 Å². The number of hydrogen-bond donors (Lipinski definition) is 0. The average molecular weight is 608 g/mol. The Labute approximate surface area is 199 Å². The smallest absolute Gasteiger partial charge is 0.384 e. The fraction of sp³-hybridized carbons (Fsp3) is 1.00. The van der Waals surface area contributed by atoms with Crippen LogP contribution in [0.5, 0.6) is 0 Å². The van der Waals surface area contributed by atoms with E-state index in [1.54, 1.807) is 0 Å². The molecule has 20 heteroatoms. The standard InChI is InChI=1S/C17H21F17O2Si/c1-6(2)35-37(5,36-7(3)4)11(22)13(25,26)15(29,30)17(33,34)16(31,32)14(27,28)12(23,24)9(19)8(18)10(20)21/h6-11H,1-5H3. The molecule has 0 bridgehead atoms. The molecule has 224 valence electrons. The van der Waals surface area contributed by atoms with Crippen LogP contribution in [0.4, 0.5) is 74.6 Å². The zero-order chi connectivity index (χ0) is 30.4. The van der Waals surface area contributed by atoms with Gasteiger partial charge in [-0.2, -0.15) is 52.7 Å². The SMILES string of the molecule is CC(C)O[Si](C)(OC(C)C)C(F)C(F)(F)C(F)(F)C(F)(F)C(F)(F)C(F)(F)C(F)(F)C(F)C(F)C(F)F. The Balaban J connectivity index is 6.82. The van der Waals surface area contributed by atoms with Crippen molar-refractivity contribution in [3.05, 3.63) is 0 Å². The van der Waals surface area contributed by atoms with Crippen molar-refractivity contribution in [1.82, 2.24) is 0 Å². The van der Waals surface area contributed by atoms with Gasteiger partial charge in [-0.15, -0.1) is 0 Å². The molecule has 0 fully saturated rings. The zero-order valence-corrected chi connectivity index (χ0v) is 20.2. The minimum atomic E-state index is -8.42. The van der Waals surface area contributed by atoms with Crippen molar-refractivity contribution >= 4 is 8.56 Å². The normalized spacial score (nSPS) is 18.1. The van der Waals surface area contributed by atoms with Crippen LogP contribution in [0.1, 0.15) is 27.7 Å². The molecule has 3 atom stereocenters. The van der Waals surface area contributed by atoms with Crippen LogP contribution in [0, 0.1) is 0 Å². The van der Waals surface area contributed by atoms with E-state index >= 15 is 0 Å². The first-order valence-corrected chi connectivity index (χ1v) is 12.2. The van der Waals surface area contributed by atoms with Crippen LogP contribution in [0.15, 0.2) is 0 Å². The molecule has 0 aliphatic heterocycles. The van der Waals surface area contributed by atoms with Gasteiger partial charge in [0.05, 0.1) is 0 Å². The summed E-state index contributed by atoms with van der Waals surface area (Å²) in [6.07, 6.45) is -18.4. The monoisotopic (exact) mass is 608 g/mol. The second-order valence-corrected chi connectivity index (χ2v) is 11.4. The Kier molecular flexibility index (Phi) is 10.5. The van der Waals surface area contributed by atoms with Crippen molar-refractivity contribution in [1.29, 1.82) is 0 Å². The molecule has 3 unspecified atom stereocenters. The summed E-state index contributed by atoms with van der Waals surface area (Å²) in [7, 11) is -5.49. The van der Waals surface area contributed by atoms with Crippen molar-refractivity contribution < 1.29 is 83.5 Å². The van der Waals surface area contributed by atoms with Gasteiger partial charge in [-0.05, 0) is 34.2 Å². The van der Waals surface area contributed by atoms with Crippen molar-refractivity contribution in [2.24, 2.45) is 0 Å². The predicted octanol–water partition coefficient (Wildman–Crippen LogP) is 7.54. The lowest BCUT2D eigenvalue weighted by molar-refractivity contribution is -0.432. The van der Waals surface area contributed by atoms with Gasteiger partial charge in [-0.25, -0.2) is 22.0 Å². The molecule has 0 aromatic rings. The van der Waals surface area contributed by atoms with Crippen LogP contribution >= 0.6 is 0 Å². The van der Waals surface area contributed by atoms with Crippen LogP contribution in [-0.2, 0) is 8.85 Å². The topological polar surface area (TPSA) is 18.5 Å². The van der Waals surface area contributed by atoms with E-state index < -0.39 is 80.9 Å². The number of hydrogen-bond acceptors (Lipinski definition) is 2. The third-order valence-corrected chi connectivity index (χ3v) is 7.77. The maximum atomic E-state index is 14.7. The highest BCUT2D eigenvalue weighted by Gasteiger charge is 2.92. The van der Waals surface area contributed by atoms with Crippen LogP contribution in [-0.4, -0.2) is 80.9 Å². The Hall–Kier alpha value is -1.05. The van der Waals surface area contributed by atoms with Gasteiger partial charge in [0, 0.05) is 12.2 Å². The molecule has 0 aromatic carbocycles. The number of halogens is 17. The van der Waals surface area contributed by atoms with E-state index in [0.29, 0.717) is 0 Å². The number of rotatable bonds is 14. The summed E-state index contributed by atoms with van der Waals surface area (Å²) in [5.41, 5.74) is 0. The zero-order valence-electron chi connectivity index (χ0n) is 19.2. The maximum absolute atomic E-state index is 14.7. The van der Waals surface area contributed by atoms with Crippen molar-refractivity contribution in [2.75, 3.05) is 0 Å². The van der Waals surface area contributed by atoms with E-state index in [4.69, 9.17) is 0 Å². The van der Waals surface area contributed by atoms with Gasteiger partial charge in [0.2, 0.25) is 12.0 Å².